The topological polar surface area (TPSA) is 52.0 Å². The van der Waals surface area contributed by atoms with Gasteiger partial charge in [-0.05, 0) is 40.2 Å². The van der Waals surface area contributed by atoms with Gasteiger partial charge in [-0.15, -0.1) is 0 Å². The summed E-state index contributed by atoms with van der Waals surface area (Å²) >= 11 is 0. The van der Waals surface area contributed by atoms with Gasteiger partial charge in [0.15, 0.2) is 5.65 Å². The van der Waals surface area contributed by atoms with E-state index in [4.69, 9.17) is 4.74 Å². The molecule has 110 valence electrons. The van der Waals surface area contributed by atoms with Gasteiger partial charge in [-0.2, -0.15) is 5.10 Å². The summed E-state index contributed by atoms with van der Waals surface area (Å²) < 4.78 is 7.34. The largest absolute Gasteiger partial charge is 0.384 e. The Labute approximate surface area is 120 Å². The maximum absolute atomic E-state index is 5.41. The van der Waals surface area contributed by atoms with Crippen LogP contribution in [0.4, 0.5) is 5.69 Å². The highest BCUT2D eigenvalue weighted by Crippen LogP contribution is 2.19. The lowest BCUT2D eigenvalue weighted by Crippen LogP contribution is -2.25. The van der Waals surface area contributed by atoms with Gasteiger partial charge in [0, 0.05) is 25.1 Å². The van der Waals surface area contributed by atoms with Crippen molar-refractivity contribution in [3.8, 4) is 0 Å². The average molecular weight is 276 g/mol. The van der Waals surface area contributed by atoms with E-state index in [0.717, 1.165) is 29.7 Å². The van der Waals surface area contributed by atoms with Gasteiger partial charge in [0.1, 0.15) is 0 Å². The molecule has 0 amide bonds. The minimum absolute atomic E-state index is 0.104. The van der Waals surface area contributed by atoms with E-state index in [1.807, 2.05) is 17.1 Å². The molecule has 0 atom stereocenters. The first kappa shape index (κ1) is 14.8. The average Bonchev–Trinajstić information content (AvgIpc) is 2.81. The van der Waals surface area contributed by atoms with Gasteiger partial charge < -0.3 is 10.1 Å². The second-order valence-corrected chi connectivity index (χ2v) is 5.96. The predicted octanol–water partition coefficient (Wildman–Crippen LogP) is 3.24. The molecule has 2 rings (SSSR count). The Morgan fingerprint density at radius 3 is 2.75 bits per heavy atom. The minimum atomic E-state index is -0.104. The molecular weight excluding hydrogens is 252 g/mol. The number of aromatic nitrogens is 3. The molecule has 0 aliphatic heterocycles. The maximum Gasteiger partial charge on any atom is 0.158 e. The summed E-state index contributed by atoms with van der Waals surface area (Å²) in [5.41, 5.74) is 1.85. The Balaban J connectivity index is 2.06. The Morgan fingerprint density at radius 2 is 2.10 bits per heavy atom. The van der Waals surface area contributed by atoms with Gasteiger partial charge in [-0.3, -0.25) is 0 Å². The van der Waals surface area contributed by atoms with E-state index in [1.165, 1.54) is 0 Å². The van der Waals surface area contributed by atoms with Crippen molar-refractivity contribution in [2.24, 2.45) is 0 Å². The van der Waals surface area contributed by atoms with Crippen molar-refractivity contribution < 1.29 is 4.74 Å². The normalized spacial score (nSPS) is 12.3. The fraction of sp³-hybridized carbons (Fsp3) is 0.600. The van der Waals surface area contributed by atoms with Crippen molar-refractivity contribution >= 4 is 16.7 Å². The molecule has 0 saturated heterocycles. The molecule has 0 radical (unpaired) electrons. The molecule has 5 nitrogen and oxygen atoms in total. The summed E-state index contributed by atoms with van der Waals surface area (Å²) in [6.45, 7) is 9.23. The molecule has 1 N–H and O–H groups in total. The summed E-state index contributed by atoms with van der Waals surface area (Å²) in [5.74, 6) is 0. The SMILES string of the molecule is COC(C)(C)CCNc1cnc2c(cnn2C(C)C)c1. The molecule has 2 aromatic heterocycles. The molecule has 0 bridgehead atoms. The second-order valence-electron chi connectivity index (χ2n) is 5.96. The third-order valence-electron chi connectivity index (χ3n) is 3.53. The molecular formula is C15H24N4O. The standard InChI is InChI=1S/C15H24N4O/c1-11(2)19-14-12(9-18-19)8-13(10-17-14)16-7-6-15(3,4)20-5/h8-11,16H,6-7H2,1-5H3. The first-order valence-corrected chi connectivity index (χ1v) is 7.05. The van der Waals surface area contributed by atoms with E-state index in [1.54, 1.807) is 7.11 Å². The zero-order valence-electron chi connectivity index (χ0n) is 13.0. The molecule has 0 spiro atoms. The van der Waals surface area contributed by atoms with Crippen LogP contribution in [0, 0.1) is 0 Å². The molecule has 20 heavy (non-hydrogen) atoms. The van der Waals surface area contributed by atoms with Crippen LogP contribution in [-0.4, -0.2) is 34.0 Å². The Bertz CT molecular complexity index is 574. The number of fused-ring (bicyclic) bond motifs is 1. The van der Waals surface area contributed by atoms with Crippen LogP contribution in [0.3, 0.4) is 0 Å². The monoisotopic (exact) mass is 276 g/mol. The van der Waals surface area contributed by atoms with Crippen molar-refractivity contribution in [1.29, 1.82) is 0 Å². The minimum Gasteiger partial charge on any atom is -0.384 e. The number of anilines is 1. The number of ether oxygens (including phenoxy) is 1. The summed E-state index contributed by atoms with van der Waals surface area (Å²) in [6, 6.07) is 2.41. The third kappa shape index (κ3) is 3.28. The maximum atomic E-state index is 5.41. The fourth-order valence-corrected chi connectivity index (χ4v) is 2.02. The van der Waals surface area contributed by atoms with Gasteiger partial charge in [0.05, 0.1) is 23.7 Å². The number of nitrogens with zero attached hydrogens (tertiary/aromatic N) is 3. The molecule has 0 unspecified atom stereocenters. The van der Waals surface area contributed by atoms with Gasteiger partial charge in [-0.1, -0.05) is 0 Å². The first-order chi connectivity index (χ1) is 9.43. The van der Waals surface area contributed by atoms with E-state index in [0.29, 0.717) is 6.04 Å². The zero-order chi connectivity index (χ0) is 14.8. The van der Waals surface area contributed by atoms with Crippen molar-refractivity contribution in [2.45, 2.75) is 45.8 Å². The van der Waals surface area contributed by atoms with Gasteiger partial charge in [-0.25, -0.2) is 9.67 Å². The van der Waals surface area contributed by atoms with Crippen molar-refractivity contribution in [1.82, 2.24) is 14.8 Å². The third-order valence-corrected chi connectivity index (χ3v) is 3.53. The molecule has 5 heteroatoms. The van der Waals surface area contributed by atoms with Crippen LogP contribution in [0.1, 0.15) is 40.2 Å². The summed E-state index contributed by atoms with van der Waals surface area (Å²) in [5, 5.41) is 8.83. The van der Waals surface area contributed by atoms with Crippen LogP contribution in [0.2, 0.25) is 0 Å². The van der Waals surface area contributed by atoms with Gasteiger partial charge in [0.2, 0.25) is 0 Å². The van der Waals surface area contributed by atoms with Gasteiger partial charge in [0.25, 0.3) is 0 Å². The number of hydrogen-bond donors (Lipinski definition) is 1. The molecule has 2 heterocycles. The molecule has 2 aromatic rings. The molecule has 0 aliphatic rings. The van der Waals surface area contributed by atoms with Crippen LogP contribution in [0.25, 0.3) is 11.0 Å². The van der Waals surface area contributed by atoms with Crippen LogP contribution < -0.4 is 5.32 Å². The van der Waals surface area contributed by atoms with E-state index in [-0.39, 0.29) is 5.60 Å². The highest BCUT2D eigenvalue weighted by molar-refractivity contribution is 5.78. The number of nitrogens with one attached hydrogen (secondary N) is 1. The van der Waals surface area contributed by atoms with Crippen LogP contribution in [-0.2, 0) is 4.74 Å². The quantitative estimate of drug-likeness (QED) is 0.880. The summed E-state index contributed by atoms with van der Waals surface area (Å²) in [4.78, 5) is 4.50. The number of pyridine rings is 1. The van der Waals surface area contributed by atoms with Gasteiger partial charge >= 0.3 is 0 Å². The molecule has 0 saturated carbocycles. The zero-order valence-corrected chi connectivity index (χ0v) is 13.0. The van der Waals surface area contributed by atoms with Crippen LogP contribution in [0.15, 0.2) is 18.5 Å². The Hall–Kier alpha value is -1.62. The highest BCUT2D eigenvalue weighted by atomic mass is 16.5. The lowest BCUT2D eigenvalue weighted by Gasteiger charge is -2.23. The van der Waals surface area contributed by atoms with Crippen molar-refractivity contribution in [3.63, 3.8) is 0 Å². The predicted molar refractivity (Wildman–Crippen MR) is 82.1 cm³/mol. The Kier molecular flexibility index (Phi) is 4.28. The number of rotatable bonds is 6. The lowest BCUT2D eigenvalue weighted by molar-refractivity contribution is 0.0185. The fourth-order valence-electron chi connectivity index (χ4n) is 2.02. The smallest absolute Gasteiger partial charge is 0.158 e. The molecule has 0 aromatic carbocycles. The molecule has 0 fully saturated rings. The highest BCUT2D eigenvalue weighted by Gasteiger charge is 2.15. The Morgan fingerprint density at radius 1 is 1.35 bits per heavy atom. The summed E-state index contributed by atoms with van der Waals surface area (Å²) in [7, 11) is 1.74. The van der Waals surface area contributed by atoms with E-state index in [9.17, 15) is 0 Å². The van der Waals surface area contributed by atoms with Crippen LogP contribution >= 0.6 is 0 Å². The first-order valence-electron chi connectivity index (χ1n) is 7.05. The second kappa shape index (κ2) is 5.79. The number of methoxy groups -OCH3 is 1. The van der Waals surface area contributed by atoms with E-state index in [2.05, 4.69) is 49.2 Å². The molecule has 0 aliphatic carbocycles. The van der Waals surface area contributed by atoms with E-state index >= 15 is 0 Å². The van der Waals surface area contributed by atoms with Crippen molar-refractivity contribution in [2.75, 3.05) is 19.0 Å². The lowest BCUT2D eigenvalue weighted by atomic mass is 10.1. The summed E-state index contributed by atoms with van der Waals surface area (Å²) in [6.07, 6.45) is 4.67. The van der Waals surface area contributed by atoms with Crippen molar-refractivity contribution in [3.05, 3.63) is 18.5 Å². The van der Waals surface area contributed by atoms with Crippen LogP contribution in [0.5, 0.6) is 0 Å². The van der Waals surface area contributed by atoms with E-state index < -0.39 is 0 Å². The number of hydrogen-bond acceptors (Lipinski definition) is 4.